The van der Waals surface area contributed by atoms with Gasteiger partial charge in [0.1, 0.15) is 5.75 Å². The van der Waals surface area contributed by atoms with Crippen molar-refractivity contribution in [2.45, 2.75) is 59.6 Å². The van der Waals surface area contributed by atoms with Crippen molar-refractivity contribution in [3.63, 3.8) is 0 Å². The molecule has 0 spiro atoms. The molecule has 1 aromatic carbocycles. The SMILES string of the molecule is CCC(C)Oc1cccc(C(C)NNCCCOCC(C)C)c1. The van der Waals surface area contributed by atoms with Crippen molar-refractivity contribution in [3.05, 3.63) is 29.8 Å². The van der Waals surface area contributed by atoms with Crippen molar-refractivity contribution in [1.29, 1.82) is 0 Å². The fourth-order valence-corrected chi connectivity index (χ4v) is 2.06. The van der Waals surface area contributed by atoms with Gasteiger partial charge < -0.3 is 9.47 Å². The van der Waals surface area contributed by atoms with E-state index in [4.69, 9.17) is 9.47 Å². The topological polar surface area (TPSA) is 42.5 Å². The summed E-state index contributed by atoms with van der Waals surface area (Å²) in [5.74, 6) is 1.54. The molecule has 1 rings (SSSR count). The Morgan fingerprint density at radius 3 is 2.61 bits per heavy atom. The summed E-state index contributed by atoms with van der Waals surface area (Å²) in [5, 5.41) is 0. The van der Waals surface area contributed by atoms with E-state index in [1.54, 1.807) is 0 Å². The van der Waals surface area contributed by atoms with E-state index in [1.807, 2.05) is 12.1 Å². The molecule has 132 valence electrons. The van der Waals surface area contributed by atoms with Crippen LogP contribution in [0.15, 0.2) is 24.3 Å². The van der Waals surface area contributed by atoms with Gasteiger partial charge in [-0.15, -0.1) is 0 Å². The third kappa shape index (κ3) is 8.94. The van der Waals surface area contributed by atoms with E-state index in [9.17, 15) is 0 Å². The molecule has 0 radical (unpaired) electrons. The summed E-state index contributed by atoms with van der Waals surface area (Å²) in [4.78, 5) is 0. The number of hydrogen-bond donors (Lipinski definition) is 2. The van der Waals surface area contributed by atoms with Crippen LogP contribution in [0.5, 0.6) is 5.75 Å². The summed E-state index contributed by atoms with van der Waals surface area (Å²) in [7, 11) is 0. The molecule has 0 bridgehead atoms. The van der Waals surface area contributed by atoms with Crippen LogP contribution < -0.4 is 15.6 Å². The summed E-state index contributed by atoms with van der Waals surface area (Å²) < 4.78 is 11.4. The fourth-order valence-electron chi connectivity index (χ4n) is 2.06. The Labute approximate surface area is 141 Å². The summed E-state index contributed by atoms with van der Waals surface area (Å²) in [6.07, 6.45) is 2.26. The molecule has 4 heteroatoms. The predicted octanol–water partition coefficient (Wildman–Crippen LogP) is 4.08. The average molecular weight is 322 g/mol. The van der Waals surface area contributed by atoms with Crippen LogP contribution in [0.3, 0.4) is 0 Å². The zero-order chi connectivity index (χ0) is 17.1. The van der Waals surface area contributed by atoms with E-state index in [1.165, 1.54) is 5.56 Å². The van der Waals surface area contributed by atoms with Gasteiger partial charge in [0.2, 0.25) is 0 Å². The van der Waals surface area contributed by atoms with Crippen LogP contribution >= 0.6 is 0 Å². The van der Waals surface area contributed by atoms with E-state index in [0.717, 1.165) is 38.3 Å². The second kappa shape index (κ2) is 11.4. The molecule has 4 nitrogen and oxygen atoms in total. The number of ether oxygens (including phenoxy) is 2. The van der Waals surface area contributed by atoms with E-state index in [0.29, 0.717) is 5.92 Å². The van der Waals surface area contributed by atoms with Gasteiger partial charge in [0.15, 0.2) is 0 Å². The van der Waals surface area contributed by atoms with Gasteiger partial charge in [-0.25, -0.2) is 0 Å². The molecule has 1 aromatic rings. The third-order valence-corrected chi connectivity index (χ3v) is 3.63. The van der Waals surface area contributed by atoms with Crippen LogP contribution in [0.2, 0.25) is 0 Å². The number of benzene rings is 1. The average Bonchev–Trinajstić information content (AvgIpc) is 2.53. The lowest BCUT2D eigenvalue weighted by Gasteiger charge is -2.18. The van der Waals surface area contributed by atoms with Crippen molar-refractivity contribution >= 4 is 0 Å². The van der Waals surface area contributed by atoms with Gasteiger partial charge in [0.05, 0.1) is 6.10 Å². The van der Waals surface area contributed by atoms with Crippen LogP contribution in [0, 0.1) is 5.92 Å². The lowest BCUT2D eigenvalue weighted by Crippen LogP contribution is -2.35. The maximum atomic E-state index is 5.88. The predicted molar refractivity (Wildman–Crippen MR) is 96.7 cm³/mol. The molecule has 2 atom stereocenters. The summed E-state index contributed by atoms with van der Waals surface area (Å²) in [6.45, 7) is 13.2. The molecule has 0 fully saturated rings. The molecule has 0 aromatic heterocycles. The Morgan fingerprint density at radius 2 is 1.91 bits per heavy atom. The Hall–Kier alpha value is -1.10. The summed E-state index contributed by atoms with van der Waals surface area (Å²) in [5.41, 5.74) is 7.82. The lowest BCUT2D eigenvalue weighted by atomic mass is 10.1. The van der Waals surface area contributed by atoms with E-state index in [-0.39, 0.29) is 12.1 Å². The summed E-state index contributed by atoms with van der Waals surface area (Å²) in [6, 6.07) is 8.52. The molecule has 0 aliphatic carbocycles. The molecule has 0 saturated heterocycles. The Balaban J connectivity index is 2.26. The van der Waals surface area contributed by atoms with Gasteiger partial charge in [-0.3, -0.25) is 10.9 Å². The van der Waals surface area contributed by atoms with E-state index in [2.05, 4.69) is 57.6 Å². The molecule has 0 aliphatic rings. The zero-order valence-corrected chi connectivity index (χ0v) is 15.4. The quantitative estimate of drug-likeness (QED) is 0.449. The Kier molecular flexibility index (Phi) is 9.92. The van der Waals surface area contributed by atoms with Crippen LogP contribution in [-0.4, -0.2) is 25.9 Å². The van der Waals surface area contributed by atoms with Gasteiger partial charge in [-0.1, -0.05) is 32.9 Å². The molecule has 0 heterocycles. The number of nitrogens with one attached hydrogen (secondary N) is 2. The summed E-state index contributed by atoms with van der Waals surface area (Å²) >= 11 is 0. The number of hydrogen-bond acceptors (Lipinski definition) is 4. The van der Waals surface area contributed by atoms with Crippen molar-refractivity contribution in [1.82, 2.24) is 10.9 Å². The molecular weight excluding hydrogens is 288 g/mol. The van der Waals surface area contributed by atoms with Crippen molar-refractivity contribution in [2.75, 3.05) is 19.8 Å². The van der Waals surface area contributed by atoms with Crippen molar-refractivity contribution in [3.8, 4) is 5.75 Å². The minimum Gasteiger partial charge on any atom is -0.491 e. The third-order valence-electron chi connectivity index (χ3n) is 3.63. The first-order valence-corrected chi connectivity index (χ1v) is 8.85. The molecule has 23 heavy (non-hydrogen) atoms. The standard InChI is InChI=1S/C19H34N2O2/c1-6-16(4)23-19-10-7-9-18(13-19)17(5)21-20-11-8-12-22-14-15(2)3/h7,9-10,13,15-17,20-21H,6,8,11-12,14H2,1-5H3. The zero-order valence-electron chi connectivity index (χ0n) is 15.4. The number of hydrazine groups is 1. The first-order chi connectivity index (χ1) is 11.0. The van der Waals surface area contributed by atoms with Crippen LogP contribution in [0.25, 0.3) is 0 Å². The lowest BCUT2D eigenvalue weighted by molar-refractivity contribution is 0.107. The van der Waals surface area contributed by atoms with Crippen molar-refractivity contribution < 1.29 is 9.47 Å². The molecule has 2 N–H and O–H groups in total. The molecule has 0 amide bonds. The van der Waals surface area contributed by atoms with Crippen molar-refractivity contribution in [2.24, 2.45) is 5.92 Å². The smallest absolute Gasteiger partial charge is 0.120 e. The Bertz CT molecular complexity index is 424. The van der Waals surface area contributed by atoms with Crippen LogP contribution in [0.1, 0.15) is 59.1 Å². The van der Waals surface area contributed by atoms with Gasteiger partial charge in [0.25, 0.3) is 0 Å². The second-order valence-electron chi connectivity index (χ2n) is 6.52. The normalized spacial score (nSPS) is 14.0. The maximum Gasteiger partial charge on any atom is 0.120 e. The van der Waals surface area contributed by atoms with Gasteiger partial charge in [0, 0.05) is 25.8 Å². The highest BCUT2D eigenvalue weighted by Crippen LogP contribution is 2.20. The maximum absolute atomic E-state index is 5.88. The molecule has 0 aliphatic heterocycles. The number of rotatable bonds is 12. The minimum atomic E-state index is 0.229. The minimum absolute atomic E-state index is 0.229. The van der Waals surface area contributed by atoms with E-state index >= 15 is 0 Å². The Morgan fingerprint density at radius 1 is 1.13 bits per heavy atom. The first kappa shape index (κ1) is 19.9. The van der Waals surface area contributed by atoms with Crippen LogP contribution in [0.4, 0.5) is 0 Å². The van der Waals surface area contributed by atoms with Gasteiger partial charge in [-0.05, 0) is 50.3 Å². The first-order valence-electron chi connectivity index (χ1n) is 8.85. The monoisotopic (exact) mass is 322 g/mol. The van der Waals surface area contributed by atoms with Gasteiger partial charge >= 0.3 is 0 Å². The highest BCUT2D eigenvalue weighted by Gasteiger charge is 2.07. The highest BCUT2D eigenvalue weighted by atomic mass is 16.5. The molecule has 0 saturated carbocycles. The van der Waals surface area contributed by atoms with E-state index < -0.39 is 0 Å². The molecule has 2 unspecified atom stereocenters. The van der Waals surface area contributed by atoms with Gasteiger partial charge in [-0.2, -0.15) is 0 Å². The molecular formula is C19H34N2O2. The fraction of sp³-hybridized carbons (Fsp3) is 0.684. The highest BCUT2D eigenvalue weighted by molar-refractivity contribution is 5.30. The second-order valence-corrected chi connectivity index (χ2v) is 6.52. The van der Waals surface area contributed by atoms with Crippen LogP contribution in [-0.2, 0) is 4.74 Å². The largest absolute Gasteiger partial charge is 0.491 e.